The highest BCUT2D eigenvalue weighted by atomic mass is 35.5. The molecule has 0 N–H and O–H groups in total. The summed E-state index contributed by atoms with van der Waals surface area (Å²) in [6.45, 7) is 6.49. The maximum Gasteiger partial charge on any atom is 0.0779 e. The molecule has 0 saturated carbocycles. The Kier molecular flexibility index (Phi) is 8.77. The van der Waals surface area contributed by atoms with Gasteiger partial charge in [-0.05, 0) is 19.8 Å². The highest BCUT2D eigenvalue weighted by molar-refractivity contribution is 6.19. The summed E-state index contributed by atoms with van der Waals surface area (Å²) in [5.74, 6) is 0.552. The van der Waals surface area contributed by atoms with Crippen molar-refractivity contribution in [1.29, 1.82) is 0 Å². The fraction of sp³-hybridized carbons (Fsp3) is 0.667. The van der Waals surface area contributed by atoms with E-state index in [1.54, 1.807) is 14.2 Å². The van der Waals surface area contributed by atoms with Gasteiger partial charge in [-0.25, -0.2) is 0 Å². The molecule has 0 aromatic rings. The van der Waals surface area contributed by atoms with Crippen LogP contribution in [0.1, 0.15) is 19.8 Å². The van der Waals surface area contributed by atoms with Gasteiger partial charge in [-0.15, -0.1) is 11.6 Å². The number of alkyl halides is 1. The Labute approximate surface area is 97.9 Å². The molecule has 0 aliphatic heterocycles. The number of hydrogen-bond acceptors (Lipinski definition) is 2. The van der Waals surface area contributed by atoms with Crippen molar-refractivity contribution in [3.8, 4) is 0 Å². The van der Waals surface area contributed by atoms with Crippen LogP contribution < -0.4 is 0 Å². The van der Waals surface area contributed by atoms with Crippen LogP contribution in [0.5, 0.6) is 0 Å². The standard InChI is InChI=1S/C12H21ClO2/c1-10(2)12(15-4)6-5-11(9-13)7-8-14-3/h7,12H,1,5-6,8-9H2,2-4H3/b11-7-. The molecule has 0 bridgehead atoms. The van der Waals surface area contributed by atoms with Crippen molar-refractivity contribution in [2.75, 3.05) is 26.7 Å². The number of methoxy groups -OCH3 is 2. The fourth-order valence-corrected chi connectivity index (χ4v) is 1.55. The Morgan fingerprint density at radius 1 is 1.47 bits per heavy atom. The van der Waals surface area contributed by atoms with Gasteiger partial charge in [0.1, 0.15) is 0 Å². The van der Waals surface area contributed by atoms with Crippen molar-refractivity contribution in [1.82, 2.24) is 0 Å². The molecule has 1 atom stereocenters. The van der Waals surface area contributed by atoms with Crippen LogP contribution in [0.4, 0.5) is 0 Å². The van der Waals surface area contributed by atoms with Crippen molar-refractivity contribution in [3.05, 3.63) is 23.8 Å². The average Bonchev–Trinajstić information content (AvgIpc) is 2.23. The topological polar surface area (TPSA) is 18.5 Å². The predicted molar refractivity (Wildman–Crippen MR) is 65.5 cm³/mol. The van der Waals surface area contributed by atoms with Gasteiger partial charge in [0.2, 0.25) is 0 Å². The maximum absolute atomic E-state index is 5.82. The Balaban J connectivity index is 4.03. The lowest BCUT2D eigenvalue weighted by Gasteiger charge is -2.15. The van der Waals surface area contributed by atoms with Crippen LogP contribution in [-0.2, 0) is 9.47 Å². The third kappa shape index (κ3) is 6.72. The van der Waals surface area contributed by atoms with Gasteiger partial charge < -0.3 is 9.47 Å². The van der Waals surface area contributed by atoms with Gasteiger partial charge in [-0.2, -0.15) is 0 Å². The summed E-state index contributed by atoms with van der Waals surface area (Å²) in [4.78, 5) is 0. The summed E-state index contributed by atoms with van der Waals surface area (Å²) in [6.07, 6.45) is 4.00. The molecule has 0 radical (unpaired) electrons. The fourth-order valence-electron chi connectivity index (χ4n) is 1.31. The first kappa shape index (κ1) is 14.7. The highest BCUT2D eigenvalue weighted by Crippen LogP contribution is 2.15. The number of halogens is 1. The first-order chi connectivity index (χ1) is 7.15. The second-order valence-electron chi connectivity index (χ2n) is 3.56. The molecule has 0 heterocycles. The number of hydrogen-bond donors (Lipinski definition) is 0. The highest BCUT2D eigenvalue weighted by Gasteiger charge is 2.08. The molecule has 2 nitrogen and oxygen atoms in total. The number of ether oxygens (including phenoxy) is 2. The van der Waals surface area contributed by atoms with Crippen LogP contribution >= 0.6 is 11.6 Å². The molecule has 0 aliphatic rings. The summed E-state index contributed by atoms with van der Waals surface area (Å²) < 4.78 is 10.3. The molecule has 0 aliphatic carbocycles. The van der Waals surface area contributed by atoms with Crippen molar-refractivity contribution in [2.45, 2.75) is 25.9 Å². The summed E-state index contributed by atoms with van der Waals surface area (Å²) >= 11 is 5.82. The zero-order chi connectivity index (χ0) is 11.7. The van der Waals surface area contributed by atoms with Gasteiger partial charge in [0.05, 0.1) is 12.7 Å². The van der Waals surface area contributed by atoms with Gasteiger partial charge in [-0.3, -0.25) is 0 Å². The van der Waals surface area contributed by atoms with Gasteiger partial charge >= 0.3 is 0 Å². The first-order valence-corrected chi connectivity index (χ1v) is 5.60. The SMILES string of the molecule is C=C(C)C(CC/C(=C/COC)CCl)OC. The monoisotopic (exact) mass is 232 g/mol. The minimum atomic E-state index is 0.124. The Morgan fingerprint density at radius 3 is 2.53 bits per heavy atom. The molecule has 0 rings (SSSR count). The van der Waals surface area contributed by atoms with Gasteiger partial charge in [0.15, 0.2) is 0 Å². The van der Waals surface area contributed by atoms with E-state index in [4.69, 9.17) is 21.1 Å². The summed E-state index contributed by atoms with van der Waals surface area (Å²) in [7, 11) is 3.38. The van der Waals surface area contributed by atoms with Crippen LogP contribution in [0.25, 0.3) is 0 Å². The van der Waals surface area contributed by atoms with E-state index in [0.29, 0.717) is 12.5 Å². The summed E-state index contributed by atoms with van der Waals surface area (Å²) in [6, 6.07) is 0. The molecule has 15 heavy (non-hydrogen) atoms. The molecule has 0 aromatic carbocycles. The zero-order valence-electron chi connectivity index (χ0n) is 9.88. The van der Waals surface area contributed by atoms with E-state index in [1.165, 1.54) is 5.57 Å². The normalized spacial score (nSPS) is 14.0. The molecule has 0 aromatic heterocycles. The van der Waals surface area contributed by atoms with Crippen LogP contribution in [0.3, 0.4) is 0 Å². The van der Waals surface area contributed by atoms with Crippen molar-refractivity contribution in [3.63, 3.8) is 0 Å². The minimum Gasteiger partial charge on any atom is -0.381 e. The van der Waals surface area contributed by atoms with Crippen LogP contribution in [0.2, 0.25) is 0 Å². The molecule has 0 saturated heterocycles. The smallest absolute Gasteiger partial charge is 0.0779 e. The van der Waals surface area contributed by atoms with Crippen LogP contribution in [-0.4, -0.2) is 32.8 Å². The van der Waals surface area contributed by atoms with Crippen molar-refractivity contribution in [2.24, 2.45) is 0 Å². The number of allylic oxidation sites excluding steroid dienone is 1. The molecule has 0 fully saturated rings. The number of rotatable bonds is 8. The van der Waals surface area contributed by atoms with E-state index in [9.17, 15) is 0 Å². The molecular formula is C12H21ClO2. The third-order valence-corrected chi connectivity index (χ3v) is 2.62. The van der Waals surface area contributed by atoms with E-state index in [2.05, 4.69) is 6.58 Å². The van der Waals surface area contributed by atoms with Gasteiger partial charge in [0.25, 0.3) is 0 Å². The minimum absolute atomic E-state index is 0.124. The van der Waals surface area contributed by atoms with Gasteiger partial charge in [-0.1, -0.05) is 23.8 Å². The molecule has 88 valence electrons. The summed E-state index contributed by atoms with van der Waals surface area (Å²) in [5, 5.41) is 0. The van der Waals surface area contributed by atoms with E-state index in [0.717, 1.165) is 18.4 Å². The third-order valence-electron chi connectivity index (χ3n) is 2.27. The van der Waals surface area contributed by atoms with Crippen LogP contribution in [0.15, 0.2) is 23.8 Å². The quantitative estimate of drug-likeness (QED) is 0.473. The van der Waals surface area contributed by atoms with Crippen molar-refractivity contribution < 1.29 is 9.47 Å². The lowest BCUT2D eigenvalue weighted by molar-refractivity contribution is 0.125. The first-order valence-electron chi connectivity index (χ1n) is 5.06. The molecule has 0 spiro atoms. The largest absolute Gasteiger partial charge is 0.381 e. The maximum atomic E-state index is 5.82. The van der Waals surface area contributed by atoms with E-state index < -0.39 is 0 Å². The molecular weight excluding hydrogens is 212 g/mol. The lowest BCUT2D eigenvalue weighted by Crippen LogP contribution is -2.11. The summed E-state index contributed by atoms with van der Waals surface area (Å²) in [5.41, 5.74) is 2.25. The van der Waals surface area contributed by atoms with Crippen molar-refractivity contribution >= 4 is 11.6 Å². The van der Waals surface area contributed by atoms with Gasteiger partial charge in [0, 0.05) is 20.1 Å². The average molecular weight is 233 g/mol. The molecule has 0 amide bonds. The predicted octanol–water partition coefficient (Wildman–Crippen LogP) is 3.17. The Morgan fingerprint density at radius 2 is 2.13 bits per heavy atom. The van der Waals surface area contributed by atoms with E-state index >= 15 is 0 Å². The lowest BCUT2D eigenvalue weighted by atomic mass is 10.0. The second kappa shape index (κ2) is 8.96. The van der Waals surface area contributed by atoms with E-state index in [-0.39, 0.29) is 6.10 Å². The zero-order valence-corrected chi connectivity index (χ0v) is 10.6. The second-order valence-corrected chi connectivity index (χ2v) is 3.83. The van der Waals surface area contributed by atoms with Crippen LogP contribution in [0, 0.1) is 0 Å². The Bertz CT molecular complexity index is 212. The van der Waals surface area contributed by atoms with E-state index in [1.807, 2.05) is 13.0 Å². The molecule has 3 heteroatoms. The molecule has 1 unspecified atom stereocenters. The Hall–Kier alpha value is -0.310.